The molecule has 1 aliphatic heterocycles. The highest BCUT2D eigenvalue weighted by atomic mass is 32.2. The molecule has 1 atom stereocenters. The zero-order valence-electron chi connectivity index (χ0n) is 11.3. The molecule has 7 heteroatoms. The Bertz CT molecular complexity index is 455. The van der Waals surface area contributed by atoms with Gasteiger partial charge >= 0.3 is 0 Å². The van der Waals surface area contributed by atoms with E-state index in [-0.39, 0.29) is 6.04 Å². The maximum Gasteiger partial charge on any atom is 0.230 e. The van der Waals surface area contributed by atoms with Gasteiger partial charge in [0.2, 0.25) is 10.0 Å². The average Bonchev–Trinajstić information content (AvgIpc) is 2.86. The van der Waals surface area contributed by atoms with E-state index >= 15 is 0 Å². The summed E-state index contributed by atoms with van der Waals surface area (Å²) >= 11 is 0. The predicted molar refractivity (Wildman–Crippen MR) is 68.6 cm³/mol. The highest BCUT2D eigenvalue weighted by Gasteiger charge is 2.43. The molecule has 0 aromatic carbocycles. The van der Waals surface area contributed by atoms with Crippen LogP contribution in [-0.2, 0) is 19.5 Å². The van der Waals surface area contributed by atoms with Gasteiger partial charge in [0.15, 0.2) is 11.0 Å². The standard InChI is InChI=1S/C12H20N2O4S/c1-10(9-13)19(15,16)14(2)11-3-5-12(6-4-11)17-7-8-18-12/h10-11H,3-8H2,1-2H3. The normalized spacial score (nSPS) is 25.6. The van der Waals surface area contributed by atoms with Crippen molar-refractivity contribution >= 4 is 10.0 Å². The average molecular weight is 288 g/mol. The number of hydrogen-bond acceptors (Lipinski definition) is 5. The van der Waals surface area contributed by atoms with Gasteiger partial charge in [0.1, 0.15) is 0 Å². The van der Waals surface area contributed by atoms with Gasteiger partial charge in [-0.15, -0.1) is 0 Å². The fourth-order valence-corrected chi connectivity index (χ4v) is 3.97. The first-order valence-corrected chi connectivity index (χ1v) is 8.06. The Kier molecular flexibility index (Phi) is 4.16. The third-order valence-corrected chi connectivity index (χ3v) is 6.17. The Labute approximate surface area is 114 Å². The summed E-state index contributed by atoms with van der Waals surface area (Å²) in [6.07, 6.45) is 2.82. The first kappa shape index (κ1) is 14.7. The third-order valence-electron chi connectivity index (χ3n) is 4.07. The van der Waals surface area contributed by atoms with E-state index in [1.54, 1.807) is 13.1 Å². The van der Waals surface area contributed by atoms with Crippen molar-refractivity contribution < 1.29 is 17.9 Å². The van der Waals surface area contributed by atoms with Crippen LogP contribution in [0, 0.1) is 11.3 Å². The smallest absolute Gasteiger partial charge is 0.230 e. The van der Waals surface area contributed by atoms with Gasteiger partial charge in [-0.1, -0.05) is 0 Å². The SMILES string of the molecule is CC(C#N)S(=O)(=O)N(C)C1CCC2(CC1)OCCO2. The largest absolute Gasteiger partial charge is 0.348 e. The van der Waals surface area contributed by atoms with E-state index in [2.05, 4.69) is 0 Å². The molecule has 2 rings (SSSR count). The molecule has 0 radical (unpaired) electrons. The van der Waals surface area contributed by atoms with Crippen molar-refractivity contribution in [3.05, 3.63) is 0 Å². The fourth-order valence-electron chi connectivity index (χ4n) is 2.72. The van der Waals surface area contributed by atoms with Crippen LogP contribution < -0.4 is 0 Å². The Morgan fingerprint density at radius 1 is 1.32 bits per heavy atom. The summed E-state index contributed by atoms with van der Waals surface area (Å²) in [7, 11) is -1.98. The van der Waals surface area contributed by atoms with Crippen molar-refractivity contribution in [1.29, 1.82) is 5.26 Å². The van der Waals surface area contributed by atoms with E-state index in [4.69, 9.17) is 14.7 Å². The van der Waals surface area contributed by atoms with Gasteiger partial charge in [0, 0.05) is 25.9 Å². The molecule has 19 heavy (non-hydrogen) atoms. The molecule has 6 nitrogen and oxygen atoms in total. The molecule has 1 saturated heterocycles. The van der Waals surface area contributed by atoms with E-state index in [1.165, 1.54) is 11.2 Å². The second-order valence-electron chi connectivity index (χ2n) is 5.17. The Hall–Kier alpha value is -0.680. The van der Waals surface area contributed by atoms with Gasteiger partial charge in [0.05, 0.1) is 19.3 Å². The minimum Gasteiger partial charge on any atom is -0.348 e. The molecule has 0 bridgehead atoms. The molecule has 0 N–H and O–H groups in total. The maximum absolute atomic E-state index is 12.1. The molecular weight excluding hydrogens is 268 g/mol. The zero-order chi connectivity index (χ0) is 14.1. The summed E-state index contributed by atoms with van der Waals surface area (Å²) in [5, 5.41) is 7.78. The quantitative estimate of drug-likeness (QED) is 0.769. The highest BCUT2D eigenvalue weighted by molar-refractivity contribution is 7.89. The van der Waals surface area contributed by atoms with Crippen LogP contribution in [0.3, 0.4) is 0 Å². The van der Waals surface area contributed by atoms with Crippen molar-refractivity contribution in [1.82, 2.24) is 4.31 Å². The Morgan fingerprint density at radius 2 is 1.84 bits per heavy atom. The topological polar surface area (TPSA) is 79.6 Å². The van der Waals surface area contributed by atoms with Gasteiger partial charge in [0.25, 0.3) is 0 Å². The van der Waals surface area contributed by atoms with Crippen LogP contribution in [0.5, 0.6) is 0 Å². The zero-order valence-corrected chi connectivity index (χ0v) is 12.1. The lowest BCUT2D eigenvalue weighted by atomic mass is 9.90. The number of rotatable bonds is 3. The summed E-state index contributed by atoms with van der Waals surface area (Å²) in [6.45, 7) is 2.65. The number of hydrogen-bond donors (Lipinski definition) is 0. The molecule has 1 spiro atoms. The van der Waals surface area contributed by atoms with Crippen molar-refractivity contribution in [2.45, 2.75) is 49.7 Å². The number of sulfonamides is 1. The van der Waals surface area contributed by atoms with Crippen LogP contribution >= 0.6 is 0 Å². The number of nitrogens with zero attached hydrogens (tertiary/aromatic N) is 2. The molecule has 1 heterocycles. The summed E-state index contributed by atoms with van der Waals surface area (Å²) in [6, 6.07) is 1.72. The van der Waals surface area contributed by atoms with Crippen LogP contribution in [0.2, 0.25) is 0 Å². The number of nitriles is 1. The summed E-state index contributed by atoms with van der Waals surface area (Å²) in [5.74, 6) is -0.484. The lowest BCUT2D eigenvalue weighted by molar-refractivity contribution is -0.181. The van der Waals surface area contributed by atoms with Gasteiger partial charge in [-0.2, -0.15) is 5.26 Å². The van der Waals surface area contributed by atoms with E-state index < -0.39 is 21.1 Å². The summed E-state index contributed by atoms with van der Waals surface area (Å²) in [4.78, 5) is 0. The van der Waals surface area contributed by atoms with Gasteiger partial charge in [-0.3, -0.25) is 0 Å². The minimum atomic E-state index is -3.53. The van der Waals surface area contributed by atoms with Gasteiger partial charge < -0.3 is 9.47 Å². The second kappa shape index (κ2) is 5.37. The third kappa shape index (κ3) is 2.77. The van der Waals surface area contributed by atoms with Crippen LogP contribution in [-0.4, -0.2) is 50.1 Å². The molecule has 0 amide bonds. The van der Waals surface area contributed by atoms with E-state index in [0.717, 1.165) is 0 Å². The fraction of sp³-hybridized carbons (Fsp3) is 0.917. The molecule has 1 saturated carbocycles. The minimum absolute atomic E-state index is 0.0702. The molecule has 1 unspecified atom stereocenters. The molecule has 108 valence electrons. The first-order chi connectivity index (χ1) is 8.91. The van der Waals surface area contributed by atoms with E-state index in [1.807, 2.05) is 0 Å². The highest BCUT2D eigenvalue weighted by Crippen LogP contribution is 2.37. The molecule has 2 aliphatic rings. The summed E-state index contributed by atoms with van der Waals surface area (Å²) in [5.41, 5.74) is 0. The first-order valence-electron chi connectivity index (χ1n) is 6.56. The second-order valence-corrected chi connectivity index (χ2v) is 7.48. The van der Waals surface area contributed by atoms with E-state index in [9.17, 15) is 8.42 Å². The molecule has 2 fully saturated rings. The lowest BCUT2D eigenvalue weighted by Gasteiger charge is -2.38. The molecule has 0 aromatic heterocycles. The van der Waals surface area contributed by atoms with Gasteiger partial charge in [-0.25, -0.2) is 12.7 Å². The van der Waals surface area contributed by atoms with E-state index in [0.29, 0.717) is 38.9 Å². The Morgan fingerprint density at radius 3 is 2.32 bits per heavy atom. The molecule has 1 aliphatic carbocycles. The van der Waals surface area contributed by atoms with Crippen molar-refractivity contribution in [3.8, 4) is 6.07 Å². The maximum atomic E-state index is 12.1. The van der Waals surface area contributed by atoms with Crippen LogP contribution in [0.25, 0.3) is 0 Å². The van der Waals surface area contributed by atoms with Gasteiger partial charge in [-0.05, 0) is 19.8 Å². The molecular formula is C12H20N2O4S. The number of ether oxygens (including phenoxy) is 2. The Balaban J connectivity index is 2.00. The predicted octanol–water partition coefficient (Wildman–Crippen LogP) is 0.846. The monoisotopic (exact) mass is 288 g/mol. The van der Waals surface area contributed by atoms with Crippen LogP contribution in [0.1, 0.15) is 32.6 Å². The van der Waals surface area contributed by atoms with Crippen LogP contribution in [0.4, 0.5) is 0 Å². The molecule has 0 aromatic rings. The van der Waals surface area contributed by atoms with Crippen molar-refractivity contribution in [2.75, 3.05) is 20.3 Å². The van der Waals surface area contributed by atoms with Crippen LogP contribution in [0.15, 0.2) is 0 Å². The lowest BCUT2D eigenvalue weighted by Crippen LogP contribution is -2.46. The summed E-state index contributed by atoms with van der Waals surface area (Å²) < 4.78 is 36.8. The van der Waals surface area contributed by atoms with Crippen molar-refractivity contribution in [3.63, 3.8) is 0 Å². The van der Waals surface area contributed by atoms with Crippen molar-refractivity contribution in [2.24, 2.45) is 0 Å².